The number of fused-ring (bicyclic) bond motifs is 1. The molecule has 1 aromatic carbocycles. The molecular formula is C24H29ClFN3O3. The third kappa shape index (κ3) is 4.53. The largest absolute Gasteiger partial charge is 0.481 e. The highest BCUT2D eigenvalue weighted by atomic mass is 35.5. The second-order valence-electron chi connectivity index (χ2n) is 9.15. The van der Waals surface area contributed by atoms with Crippen molar-refractivity contribution in [2.45, 2.75) is 59.0 Å². The van der Waals surface area contributed by atoms with Crippen LogP contribution in [0.3, 0.4) is 0 Å². The number of halogens is 2. The minimum Gasteiger partial charge on any atom is -0.481 e. The van der Waals surface area contributed by atoms with E-state index in [4.69, 9.17) is 11.6 Å². The van der Waals surface area contributed by atoms with E-state index in [1.54, 1.807) is 16.8 Å². The van der Waals surface area contributed by atoms with Gasteiger partial charge in [0.25, 0.3) is 0 Å². The number of rotatable bonds is 5. The summed E-state index contributed by atoms with van der Waals surface area (Å²) in [6.07, 6.45) is 3.56. The van der Waals surface area contributed by atoms with Gasteiger partial charge < -0.3 is 10.0 Å². The van der Waals surface area contributed by atoms with Crippen LogP contribution in [-0.2, 0) is 29.1 Å². The fourth-order valence-corrected chi connectivity index (χ4v) is 5.32. The van der Waals surface area contributed by atoms with Crippen molar-refractivity contribution < 1.29 is 19.1 Å². The molecule has 1 aromatic heterocycles. The third-order valence-corrected chi connectivity index (χ3v) is 7.44. The molecule has 2 aliphatic rings. The molecule has 1 unspecified atom stereocenters. The zero-order chi connectivity index (χ0) is 23.0. The van der Waals surface area contributed by atoms with E-state index >= 15 is 0 Å². The molecule has 172 valence electrons. The average molecular weight is 462 g/mol. The number of aliphatic carboxylic acids is 1. The maximum absolute atomic E-state index is 14.3. The van der Waals surface area contributed by atoms with Crippen LogP contribution in [0.5, 0.6) is 0 Å². The minimum atomic E-state index is -0.730. The first-order valence-electron chi connectivity index (χ1n) is 11.2. The Morgan fingerprint density at radius 1 is 1.28 bits per heavy atom. The van der Waals surface area contributed by atoms with Crippen molar-refractivity contribution in [3.63, 3.8) is 0 Å². The van der Waals surface area contributed by atoms with Gasteiger partial charge in [-0.25, -0.2) is 4.39 Å². The van der Waals surface area contributed by atoms with Crippen molar-refractivity contribution in [1.82, 2.24) is 14.7 Å². The molecule has 1 aliphatic carbocycles. The molecule has 1 atom stereocenters. The second kappa shape index (κ2) is 9.22. The molecule has 0 bridgehead atoms. The van der Waals surface area contributed by atoms with Crippen LogP contribution >= 0.6 is 11.6 Å². The van der Waals surface area contributed by atoms with Crippen molar-refractivity contribution in [2.24, 2.45) is 17.8 Å². The highest BCUT2D eigenvalue weighted by molar-refractivity contribution is 6.30. The van der Waals surface area contributed by atoms with Gasteiger partial charge in [0.05, 0.1) is 30.4 Å². The Kier molecular flexibility index (Phi) is 6.56. The van der Waals surface area contributed by atoms with Crippen LogP contribution in [0.25, 0.3) is 0 Å². The van der Waals surface area contributed by atoms with Gasteiger partial charge in [-0.2, -0.15) is 5.10 Å². The predicted octanol–water partition coefficient (Wildman–Crippen LogP) is 4.44. The normalized spacial score (nSPS) is 21.8. The van der Waals surface area contributed by atoms with Crippen molar-refractivity contribution in [3.8, 4) is 0 Å². The molecule has 1 fully saturated rings. The monoisotopic (exact) mass is 461 g/mol. The lowest BCUT2D eigenvalue weighted by Crippen LogP contribution is -2.42. The zero-order valence-corrected chi connectivity index (χ0v) is 19.2. The third-order valence-electron chi connectivity index (χ3n) is 7.20. The summed E-state index contributed by atoms with van der Waals surface area (Å²) >= 11 is 5.87. The van der Waals surface area contributed by atoms with Crippen LogP contribution < -0.4 is 0 Å². The molecule has 2 aromatic rings. The number of hydrogen-bond acceptors (Lipinski definition) is 3. The van der Waals surface area contributed by atoms with E-state index in [0.29, 0.717) is 36.5 Å². The van der Waals surface area contributed by atoms with E-state index in [9.17, 15) is 19.1 Å². The van der Waals surface area contributed by atoms with Gasteiger partial charge in [0, 0.05) is 23.0 Å². The molecule has 32 heavy (non-hydrogen) atoms. The Labute approximate surface area is 192 Å². The number of carbonyl (C=O) groups excluding carboxylic acids is 1. The summed E-state index contributed by atoms with van der Waals surface area (Å²) in [6, 6.07) is 4.64. The average Bonchev–Trinajstić information content (AvgIpc) is 3.09. The number of amides is 1. The lowest BCUT2D eigenvalue weighted by atomic mass is 9.76. The van der Waals surface area contributed by atoms with Crippen molar-refractivity contribution >= 4 is 23.5 Å². The molecule has 1 N–H and O–H groups in total. The highest BCUT2D eigenvalue weighted by Gasteiger charge is 2.35. The summed E-state index contributed by atoms with van der Waals surface area (Å²) in [6.45, 7) is 5.31. The number of carbonyl (C=O) groups is 2. The van der Waals surface area contributed by atoms with E-state index in [-0.39, 0.29) is 36.0 Å². The number of aryl methyl sites for hydroxylation is 1. The number of hydrogen-bond donors (Lipinski definition) is 1. The summed E-state index contributed by atoms with van der Waals surface area (Å²) in [4.78, 5) is 26.4. The highest BCUT2D eigenvalue weighted by Crippen LogP contribution is 2.35. The summed E-state index contributed by atoms with van der Waals surface area (Å²) in [5.41, 5.74) is 3.52. The summed E-state index contributed by atoms with van der Waals surface area (Å²) in [7, 11) is 0. The van der Waals surface area contributed by atoms with Crippen LogP contribution in [-0.4, -0.2) is 38.2 Å². The topological polar surface area (TPSA) is 75.4 Å². The first kappa shape index (κ1) is 22.8. The van der Waals surface area contributed by atoms with Crippen LogP contribution in [0.15, 0.2) is 18.2 Å². The molecule has 0 spiro atoms. The van der Waals surface area contributed by atoms with Crippen LogP contribution in [0, 0.1) is 30.5 Å². The predicted molar refractivity (Wildman–Crippen MR) is 119 cm³/mol. The van der Waals surface area contributed by atoms with E-state index in [2.05, 4.69) is 5.10 Å². The number of carboxylic acid groups (broad SMARTS) is 1. The smallest absolute Gasteiger partial charge is 0.306 e. The lowest BCUT2D eigenvalue weighted by molar-refractivity contribution is -0.143. The van der Waals surface area contributed by atoms with E-state index < -0.39 is 5.97 Å². The Balaban J connectivity index is 1.47. The van der Waals surface area contributed by atoms with Crippen molar-refractivity contribution in [1.29, 1.82) is 0 Å². The summed E-state index contributed by atoms with van der Waals surface area (Å²) in [5, 5.41) is 14.2. The minimum absolute atomic E-state index is 0.109. The summed E-state index contributed by atoms with van der Waals surface area (Å²) in [5.74, 6) is -1.19. The van der Waals surface area contributed by atoms with Gasteiger partial charge in [0.15, 0.2) is 0 Å². The molecule has 0 saturated heterocycles. The number of carboxylic acids is 1. The Morgan fingerprint density at radius 3 is 2.66 bits per heavy atom. The Hall–Kier alpha value is -2.41. The number of nitrogens with zero attached hydrogens (tertiary/aromatic N) is 3. The molecule has 6 nitrogen and oxygen atoms in total. The maximum Gasteiger partial charge on any atom is 0.306 e. The van der Waals surface area contributed by atoms with Gasteiger partial charge >= 0.3 is 5.97 Å². The second-order valence-corrected chi connectivity index (χ2v) is 9.59. The van der Waals surface area contributed by atoms with Crippen molar-refractivity contribution in [2.75, 3.05) is 6.54 Å². The summed E-state index contributed by atoms with van der Waals surface area (Å²) < 4.78 is 16.1. The molecule has 2 heterocycles. The van der Waals surface area contributed by atoms with Gasteiger partial charge in [0.1, 0.15) is 5.82 Å². The Morgan fingerprint density at radius 2 is 2.00 bits per heavy atom. The number of benzene rings is 1. The molecule has 1 aliphatic heterocycles. The molecule has 0 radical (unpaired) electrons. The zero-order valence-electron chi connectivity index (χ0n) is 18.5. The fraction of sp³-hybridized carbons (Fsp3) is 0.542. The molecular weight excluding hydrogens is 433 g/mol. The quantitative estimate of drug-likeness (QED) is 0.714. The first-order chi connectivity index (χ1) is 15.2. The van der Waals surface area contributed by atoms with Gasteiger partial charge in [-0.1, -0.05) is 24.6 Å². The maximum atomic E-state index is 14.3. The van der Waals surface area contributed by atoms with Gasteiger partial charge in [0.2, 0.25) is 5.91 Å². The van der Waals surface area contributed by atoms with E-state index in [1.807, 2.05) is 18.7 Å². The van der Waals surface area contributed by atoms with Crippen LogP contribution in [0.1, 0.15) is 55.1 Å². The van der Waals surface area contributed by atoms with Gasteiger partial charge in [-0.05, 0) is 62.6 Å². The SMILES string of the molecule is Cc1nn(Cc2ccc(Cl)cc2F)c2c1CCN(C(=O)C(C)C1CCC(C(=O)O)CC1)C2. The fourth-order valence-electron chi connectivity index (χ4n) is 5.16. The molecule has 4 rings (SSSR count). The lowest BCUT2D eigenvalue weighted by Gasteiger charge is -2.35. The molecule has 1 amide bonds. The molecule has 1 saturated carbocycles. The standard InChI is InChI=1S/C24H29ClFN3O3/c1-14(16-3-5-17(6-4-16)24(31)32)23(30)28-10-9-20-15(2)27-29(22(20)13-28)12-18-7-8-19(25)11-21(18)26/h7-8,11,14,16-17H,3-6,9-10,12-13H2,1-2H3,(H,31,32). The van der Waals surface area contributed by atoms with E-state index in [0.717, 1.165) is 36.2 Å². The number of aromatic nitrogens is 2. The molecule has 8 heteroatoms. The van der Waals surface area contributed by atoms with Crippen LogP contribution in [0.2, 0.25) is 5.02 Å². The van der Waals surface area contributed by atoms with E-state index in [1.165, 1.54) is 6.07 Å². The first-order valence-corrected chi connectivity index (χ1v) is 11.6. The van der Waals surface area contributed by atoms with Gasteiger partial charge in [-0.15, -0.1) is 0 Å². The van der Waals surface area contributed by atoms with Crippen molar-refractivity contribution in [3.05, 3.63) is 51.6 Å². The van der Waals surface area contributed by atoms with Gasteiger partial charge in [-0.3, -0.25) is 14.3 Å². The van der Waals surface area contributed by atoms with Crippen LogP contribution in [0.4, 0.5) is 4.39 Å². The Bertz CT molecular complexity index is 1030.